The molecular weight excluding hydrogens is 172 g/mol. The standard InChI is InChI=1S/C7H10N4O2/c1-10(2)7-6(8)3-5(4-9-7)11(12)13/h3-4H,8H2,1-2H3. The molecule has 0 aliphatic heterocycles. The van der Waals surface area contributed by atoms with Crippen LogP contribution in [0.25, 0.3) is 0 Å². The number of anilines is 2. The smallest absolute Gasteiger partial charge is 0.289 e. The maximum absolute atomic E-state index is 10.3. The van der Waals surface area contributed by atoms with Gasteiger partial charge < -0.3 is 10.6 Å². The van der Waals surface area contributed by atoms with Crippen molar-refractivity contribution in [1.82, 2.24) is 4.98 Å². The number of rotatable bonds is 2. The highest BCUT2D eigenvalue weighted by Crippen LogP contribution is 2.22. The van der Waals surface area contributed by atoms with Crippen LogP contribution in [0, 0.1) is 10.1 Å². The van der Waals surface area contributed by atoms with Crippen LogP contribution in [-0.2, 0) is 0 Å². The lowest BCUT2D eigenvalue weighted by molar-refractivity contribution is -0.385. The van der Waals surface area contributed by atoms with E-state index < -0.39 is 4.92 Å². The molecule has 0 amide bonds. The Bertz CT molecular complexity index is 337. The van der Waals surface area contributed by atoms with E-state index in [-0.39, 0.29) is 5.69 Å². The predicted molar refractivity (Wildman–Crippen MR) is 49.6 cm³/mol. The summed E-state index contributed by atoms with van der Waals surface area (Å²) in [4.78, 5) is 15.4. The van der Waals surface area contributed by atoms with Gasteiger partial charge in [-0.05, 0) is 0 Å². The summed E-state index contributed by atoms with van der Waals surface area (Å²) in [5.74, 6) is 0.533. The maximum Gasteiger partial charge on any atom is 0.289 e. The van der Waals surface area contributed by atoms with Crippen LogP contribution in [0.15, 0.2) is 12.3 Å². The van der Waals surface area contributed by atoms with Gasteiger partial charge in [0.25, 0.3) is 5.69 Å². The van der Waals surface area contributed by atoms with Crippen molar-refractivity contribution in [2.45, 2.75) is 0 Å². The van der Waals surface area contributed by atoms with Crippen LogP contribution in [0.1, 0.15) is 0 Å². The van der Waals surface area contributed by atoms with Crippen molar-refractivity contribution >= 4 is 17.2 Å². The van der Waals surface area contributed by atoms with Crippen LogP contribution in [0.5, 0.6) is 0 Å². The molecule has 1 aromatic heterocycles. The third-order valence-corrected chi connectivity index (χ3v) is 1.52. The molecule has 0 bridgehead atoms. The number of nitrogen functional groups attached to an aromatic ring is 1. The van der Waals surface area contributed by atoms with Crippen molar-refractivity contribution in [3.63, 3.8) is 0 Å². The highest BCUT2D eigenvalue weighted by atomic mass is 16.6. The molecule has 6 nitrogen and oxygen atoms in total. The van der Waals surface area contributed by atoms with Crippen LogP contribution in [0.3, 0.4) is 0 Å². The maximum atomic E-state index is 10.3. The fraction of sp³-hybridized carbons (Fsp3) is 0.286. The number of hydrogen-bond donors (Lipinski definition) is 1. The molecule has 0 aliphatic carbocycles. The minimum absolute atomic E-state index is 0.0944. The first-order valence-electron chi connectivity index (χ1n) is 3.59. The summed E-state index contributed by atoms with van der Waals surface area (Å²) in [6.07, 6.45) is 1.19. The minimum atomic E-state index is -0.525. The second kappa shape index (κ2) is 3.26. The second-order valence-corrected chi connectivity index (χ2v) is 2.76. The number of pyridine rings is 1. The van der Waals surface area contributed by atoms with Crippen LogP contribution < -0.4 is 10.6 Å². The van der Waals surface area contributed by atoms with Gasteiger partial charge >= 0.3 is 0 Å². The molecule has 0 aromatic carbocycles. The summed E-state index contributed by atoms with van der Waals surface area (Å²) < 4.78 is 0. The molecule has 0 radical (unpaired) electrons. The number of nitrogens with zero attached hydrogens (tertiary/aromatic N) is 3. The number of aromatic nitrogens is 1. The van der Waals surface area contributed by atoms with Gasteiger partial charge in [0.05, 0.1) is 10.6 Å². The van der Waals surface area contributed by atoms with Gasteiger partial charge in [-0.1, -0.05) is 0 Å². The Labute approximate surface area is 75.1 Å². The van der Waals surface area contributed by atoms with Gasteiger partial charge in [0.15, 0.2) is 5.82 Å². The molecule has 0 saturated carbocycles. The van der Waals surface area contributed by atoms with E-state index in [0.29, 0.717) is 11.5 Å². The number of nitrogens with two attached hydrogens (primary N) is 1. The van der Waals surface area contributed by atoms with Crippen LogP contribution in [-0.4, -0.2) is 24.0 Å². The summed E-state index contributed by atoms with van der Waals surface area (Å²) in [6.45, 7) is 0. The van der Waals surface area contributed by atoms with Crippen molar-refractivity contribution < 1.29 is 4.92 Å². The topological polar surface area (TPSA) is 85.3 Å². The molecule has 6 heteroatoms. The fourth-order valence-corrected chi connectivity index (χ4v) is 0.936. The molecule has 1 heterocycles. The summed E-state index contributed by atoms with van der Waals surface area (Å²) in [7, 11) is 3.54. The highest BCUT2D eigenvalue weighted by Gasteiger charge is 2.10. The normalized spacial score (nSPS) is 9.69. The van der Waals surface area contributed by atoms with Crippen molar-refractivity contribution in [3.8, 4) is 0 Å². The zero-order valence-corrected chi connectivity index (χ0v) is 7.39. The lowest BCUT2D eigenvalue weighted by Crippen LogP contribution is -2.13. The highest BCUT2D eigenvalue weighted by molar-refractivity contribution is 5.64. The Morgan fingerprint density at radius 1 is 1.62 bits per heavy atom. The van der Waals surface area contributed by atoms with Crippen LogP contribution in [0.2, 0.25) is 0 Å². The van der Waals surface area contributed by atoms with Crippen molar-refractivity contribution in [1.29, 1.82) is 0 Å². The fourth-order valence-electron chi connectivity index (χ4n) is 0.936. The predicted octanol–water partition coefficient (Wildman–Crippen LogP) is 0.638. The Kier molecular flexibility index (Phi) is 2.32. The summed E-state index contributed by atoms with van der Waals surface area (Å²) in [5, 5.41) is 10.3. The SMILES string of the molecule is CN(C)c1ncc([N+](=O)[O-])cc1N. The summed E-state index contributed by atoms with van der Waals surface area (Å²) in [5.41, 5.74) is 5.76. The molecule has 0 fully saturated rings. The summed E-state index contributed by atoms with van der Waals surface area (Å²) in [6, 6.07) is 1.29. The van der Waals surface area contributed by atoms with Crippen molar-refractivity contribution in [2.75, 3.05) is 24.7 Å². The van der Waals surface area contributed by atoms with E-state index in [1.165, 1.54) is 12.3 Å². The zero-order chi connectivity index (χ0) is 10.0. The van der Waals surface area contributed by atoms with Gasteiger partial charge in [0.2, 0.25) is 0 Å². The molecule has 70 valence electrons. The van der Waals surface area contributed by atoms with Crippen LogP contribution in [0.4, 0.5) is 17.2 Å². The van der Waals surface area contributed by atoms with Gasteiger partial charge in [-0.3, -0.25) is 10.1 Å². The third-order valence-electron chi connectivity index (χ3n) is 1.52. The summed E-state index contributed by atoms with van der Waals surface area (Å²) >= 11 is 0. The van der Waals surface area contributed by atoms with E-state index in [2.05, 4.69) is 4.98 Å². The van der Waals surface area contributed by atoms with Gasteiger partial charge in [0.1, 0.15) is 6.20 Å². The largest absolute Gasteiger partial charge is 0.396 e. The van der Waals surface area contributed by atoms with E-state index >= 15 is 0 Å². The molecule has 1 aromatic rings. The van der Waals surface area contributed by atoms with E-state index in [1.54, 1.807) is 19.0 Å². The first kappa shape index (κ1) is 9.24. The minimum Gasteiger partial charge on any atom is -0.396 e. The molecule has 0 saturated heterocycles. The average Bonchev–Trinajstić information content (AvgIpc) is 2.03. The molecule has 0 spiro atoms. The average molecular weight is 182 g/mol. The van der Waals surface area contributed by atoms with Crippen molar-refractivity contribution in [2.24, 2.45) is 0 Å². The Morgan fingerprint density at radius 3 is 2.62 bits per heavy atom. The molecule has 1 rings (SSSR count). The second-order valence-electron chi connectivity index (χ2n) is 2.76. The molecule has 0 atom stereocenters. The van der Waals surface area contributed by atoms with Gasteiger partial charge in [-0.15, -0.1) is 0 Å². The lowest BCUT2D eigenvalue weighted by atomic mass is 10.3. The molecule has 13 heavy (non-hydrogen) atoms. The number of nitro groups is 1. The van der Waals surface area contributed by atoms with Gasteiger partial charge in [-0.2, -0.15) is 0 Å². The Morgan fingerprint density at radius 2 is 2.23 bits per heavy atom. The monoisotopic (exact) mass is 182 g/mol. The quantitative estimate of drug-likeness (QED) is 0.535. The lowest BCUT2D eigenvalue weighted by Gasteiger charge is -2.12. The zero-order valence-electron chi connectivity index (χ0n) is 7.39. The molecule has 0 aliphatic rings. The Hall–Kier alpha value is -1.85. The molecule has 2 N–H and O–H groups in total. The number of hydrogen-bond acceptors (Lipinski definition) is 5. The van der Waals surface area contributed by atoms with Gasteiger partial charge in [-0.25, -0.2) is 4.98 Å². The third kappa shape index (κ3) is 1.84. The van der Waals surface area contributed by atoms with E-state index in [0.717, 1.165) is 0 Å². The van der Waals surface area contributed by atoms with E-state index in [1.807, 2.05) is 0 Å². The van der Waals surface area contributed by atoms with Crippen molar-refractivity contribution in [3.05, 3.63) is 22.4 Å². The Balaban J connectivity index is 3.13. The van der Waals surface area contributed by atoms with Gasteiger partial charge in [0, 0.05) is 20.2 Å². The first-order chi connectivity index (χ1) is 6.02. The van der Waals surface area contributed by atoms with E-state index in [4.69, 9.17) is 5.73 Å². The first-order valence-corrected chi connectivity index (χ1v) is 3.59. The molecular formula is C7H10N4O2. The van der Waals surface area contributed by atoms with Crippen LogP contribution >= 0.6 is 0 Å². The molecule has 0 unspecified atom stereocenters. The van der Waals surface area contributed by atoms with E-state index in [9.17, 15) is 10.1 Å².